The van der Waals surface area contributed by atoms with Crippen LogP contribution < -0.4 is 5.32 Å². The molecule has 2 unspecified atom stereocenters. The number of hydrogen-bond donors (Lipinski definition) is 1. The second-order valence-electron chi connectivity index (χ2n) is 5.09. The lowest BCUT2D eigenvalue weighted by atomic mass is 9.93. The van der Waals surface area contributed by atoms with E-state index >= 15 is 0 Å². The fourth-order valence-corrected chi connectivity index (χ4v) is 2.47. The van der Waals surface area contributed by atoms with E-state index in [-0.39, 0.29) is 0 Å². The van der Waals surface area contributed by atoms with Crippen LogP contribution in [0.25, 0.3) is 0 Å². The Kier molecular flexibility index (Phi) is 2.49. The number of nitrogens with one attached hydrogen (secondary N) is 1. The Morgan fingerprint density at radius 2 is 1.93 bits per heavy atom. The molecule has 1 nitrogen and oxygen atoms in total. The van der Waals surface area contributed by atoms with Crippen molar-refractivity contribution >= 4 is 0 Å². The first-order chi connectivity index (χ1) is 7.42. The Balaban J connectivity index is 1.46. The Hall–Kier alpha value is -0.820. The number of hydrogen-bond acceptors (Lipinski definition) is 1. The van der Waals surface area contributed by atoms with E-state index in [0.29, 0.717) is 0 Å². The van der Waals surface area contributed by atoms with Crippen molar-refractivity contribution < 1.29 is 0 Å². The highest BCUT2D eigenvalue weighted by Gasteiger charge is 2.38. The zero-order valence-electron chi connectivity index (χ0n) is 9.15. The van der Waals surface area contributed by atoms with Crippen molar-refractivity contribution in [2.75, 3.05) is 0 Å². The summed E-state index contributed by atoms with van der Waals surface area (Å²) in [4.78, 5) is 0. The van der Waals surface area contributed by atoms with Crippen molar-refractivity contribution in [1.82, 2.24) is 5.32 Å². The van der Waals surface area contributed by atoms with E-state index in [1.165, 1.54) is 37.7 Å². The molecule has 0 radical (unpaired) electrons. The summed E-state index contributed by atoms with van der Waals surface area (Å²) in [5.41, 5.74) is 1.50. The van der Waals surface area contributed by atoms with E-state index in [4.69, 9.17) is 0 Å². The first-order valence-electron chi connectivity index (χ1n) is 6.22. The van der Waals surface area contributed by atoms with Crippen molar-refractivity contribution in [3.05, 3.63) is 35.9 Å². The molecule has 1 aromatic rings. The minimum Gasteiger partial charge on any atom is -0.311 e. The maximum Gasteiger partial charge on any atom is 0.0105 e. The Bertz CT molecular complexity index is 315. The monoisotopic (exact) mass is 201 g/mol. The standard InChI is InChI=1S/C14H19N/c1-2-5-11(6-3-1)9-12-10-14(12)15-13-7-4-8-13/h1-3,5-6,12-15H,4,7-10H2. The van der Waals surface area contributed by atoms with Crippen LogP contribution >= 0.6 is 0 Å². The molecule has 3 rings (SSSR count). The molecule has 80 valence electrons. The zero-order chi connectivity index (χ0) is 10.1. The van der Waals surface area contributed by atoms with Crippen LogP contribution in [0.3, 0.4) is 0 Å². The zero-order valence-corrected chi connectivity index (χ0v) is 9.15. The number of benzene rings is 1. The minimum atomic E-state index is 0.829. The summed E-state index contributed by atoms with van der Waals surface area (Å²) >= 11 is 0. The Labute approximate surface area is 91.9 Å². The third-order valence-corrected chi connectivity index (χ3v) is 3.82. The minimum absolute atomic E-state index is 0.829. The van der Waals surface area contributed by atoms with Crippen molar-refractivity contribution in [3.8, 4) is 0 Å². The fourth-order valence-electron chi connectivity index (χ4n) is 2.47. The quantitative estimate of drug-likeness (QED) is 0.790. The topological polar surface area (TPSA) is 12.0 Å². The summed E-state index contributed by atoms with van der Waals surface area (Å²) in [5, 5.41) is 3.76. The molecule has 1 heteroatoms. The molecule has 0 bridgehead atoms. The second kappa shape index (κ2) is 3.97. The summed E-state index contributed by atoms with van der Waals surface area (Å²) in [6.07, 6.45) is 6.92. The molecule has 1 N–H and O–H groups in total. The van der Waals surface area contributed by atoms with Gasteiger partial charge in [-0.1, -0.05) is 36.8 Å². The van der Waals surface area contributed by atoms with Gasteiger partial charge < -0.3 is 5.32 Å². The highest BCUT2D eigenvalue weighted by Crippen LogP contribution is 2.35. The van der Waals surface area contributed by atoms with Gasteiger partial charge >= 0.3 is 0 Å². The lowest BCUT2D eigenvalue weighted by molar-refractivity contribution is 0.332. The summed E-state index contributed by atoms with van der Waals surface area (Å²) < 4.78 is 0. The molecular weight excluding hydrogens is 182 g/mol. The van der Waals surface area contributed by atoms with E-state index in [1.54, 1.807) is 0 Å². The maximum atomic E-state index is 3.76. The van der Waals surface area contributed by atoms with Crippen LogP contribution in [-0.4, -0.2) is 12.1 Å². The fraction of sp³-hybridized carbons (Fsp3) is 0.571. The van der Waals surface area contributed by atoms with Crippen molar-refractivity contribution in [3.63, 3.8) is 0 Å². The van der Waals surface area contributed by atoms with Crippen molar-refractivity contribution in [2.45, 2.75) is 44.2 Å². The third kappa shape index (κ3) is 2.23. The highest BCUT2D eigenvalue weighted by molar-refractivity contribution is 5.17. The summed E-state index contributed by atoms with van der Waals surface area (Å²) in [6.45, 7) is 0. The molecule has 0 saturated heterocycles. The molecule has 15 heavy (non-hydrogen) atoms. The largest absolute Gasteiger partial charge is 0.311 e. The van der Waals surface area contributed by atoms with Crippen LogP contribution in [0.1, 0.15) is 31.2 Å². The van der Waals surface area contributed by atoms with E-state index in [1.807, 2.05) is 0 Å². The number of rotatable bonds is 4. The molecule has 2 atom stereocenters. The molecule has 0 aliphatic heterocycles. The Morgan fingerprint density at radius 3 is 2.60 bits per heavy atom. The molecule has 2 aliphatic rings. The SMILES string of the molecule is c1ccc(CC2CC2NC2CCC2)cc1. The summed E-state index contributed by atoms with van der Waals surface area (Å²) in [5.74, 6) is 0.910. The molecule has 2 aliphatic carbocycles. The van der Waals surface area contributed by atoms with Crippen LogP contribution in [0, 0.1) is 5.92 Å². The van der Waals surface area contributed by atoms with Gasteiger partial charge in [0.1, 0.15) is 0 Å². The molecule has 1 aromatic carbocycles. The lowest BCUT2D eigenvalue weighted by Gasteiger charge is -2.26. The van der Waals surface area contributed by atoms with Gasteiger partial charge in [0.25, 0.3) is 0 Å². The van der Waals surface area contributed by atoms with Gasteiger partial charge in [-0.05, 0) is 37.2 Å². The van der Waals surface area contributed by atoms with Gasteiger partial charge in [-0.15, -0.1) is 0 Å². The summed E-state index contributed by atoms with van der Waals surface area (Å²) in [6, 6.07) is 12.6. The van der Waals surface area contributed by atoms with Gasteiger partial charge in [-0.3, -0.25) is 0 Å². The van der Waals surface area contributed by atoms with E-state index < -0.39 is 0 Å². The molecule has 2 fully saturated rings. The van der Waals surface area contributed by atoms with Crippen LogP contribution in [0.2, 0.25) is 0 Å². The third-order valence-electron chi connectivity index (χ3n) is 3.82. The van der Waals surface area contributed by atoms with E-state index in [9.17, 15) is 0 Å². The predicted molar refractivity (Wildman–Crippen MR) is 62.8 cm³/mol. The molecule has 0 amide bonds. The van der Waals surface area contributed by atoms with Gasteiger partial charge in [-0.2, -0.15) is 0 Å². The van der Waals surface area contributed by atoms with E-state index in [0.717, 1.165) is 18.0 Å². The molecular formula is C14H19N. The smallest absolute Gasteiger partial charge is 0.0105 e. The van der Waals surface area contributed by atoms with Gasteiger partial charge in [0.15, 0.2) is 0 Å². The maximum absolute atomic E-state index is 3.76. The van der Waals surface area contributed by atoms with Gasteiger partial charge in [-0.25, -0.2) is 0 Å². The average molecular weight is 201 g/mol. The highest BCUT2D eigenvalue weighted by atomic mass is 15.0. The van der Waals surface area contributed by atoms with Crippen LogP contribution in [-0.2, 0) is 6.42 Å². The average Bonchev–Trinajstić information content (AvgIpc) is 2.92. The first-order valence-corrected chi connectivity index (χ1v) is 6.22. The van der Waals surface area contributed by atoms with Crippen molar-refractivity contribution in [2.24, 2.45) is 5.92 Å². The second-order valence-corrected chi connectivity index (χ2v) is 5.09. The van der Waals surface area contributed by atoms with Crippen molar-refractivity contribution in [1.29, 1.82) is 0 Å². The van der Waals surface area contributed by atoms with Gasteiger partial charge in [0, 0.05) is 12.1 Å². The van der Waals surface area contributed by atoms with Crippen LogP contribution in [0.4, 0.5) is 0 Å². The predicted octanol–water partition coefficient (Wildman–Crippen LogP) is 2.76. The first kappa shape index (κ1) is 9.41. The van der Waals surface area contributed by atoms with E-state index in [2.05, 4.69) is 35.6 Å². The van der Waals surface area contributed by atoms with Gasteiger partial charge in [0.05, 0.1) is 0 Å². The molecule has 0 heterocycles. The summed E-state index contributed by atoms with van der Waals surface area (Å²) in [7, 11) is 0. The molecule has 0 aromatic heterocycles. The molecule has 2 saturated carbocycles. The Morgan fingerprint density at radius 1 is 1.13 bits per heavy atom. The van der Waals surface area contributed by atoms with Crippen LogP contribution in [0.5, 0.6) is 0 Å². The van der Waals surface area contributed by atoms with Gasteiger partial charge in [0.2, 0.25) is 0 Å². The lowest BCUT2D eigenvalue weighted by Crippen LogP contribution is -2.37. The molecule has 0 spiro atoms. The van der Waals surface area contributed by atoms with Crippen LogP contribution in [0.15, 0.2) is 30.3 Å². The normalized spacial score (nSPS) is 29.9.